The Morgan fingerprint density at radius 2 is 1.58 bits per heavy atom. The second kappa shape index (κ2) is 10.0. The van der Waals surface area contributed by atoms with Crippen LogP contribution < -0.4 is 4.74 Å². The fourth-order valence-corrected chi connectivity index (χ4v) is 1.57. The van der Waals surface area contributed by atoms with Gasteiger partial charge in [0.05, 0.1) is 33.0 Å². The van der Waals surface area contributed by atoms with Gasteiger partial charge in [-0.25, -0.2) is 0 Å². The fourth-order valence-electron chi connectivity index (χ4n) is 1.40. The summed E-state index contributed by atoms with van der Waals surface area (Å²) >= 11 is 5.90. The number of ether oxygens (including phenoxy) is 4. The van der Waals surface area contributed by atoms with E-state index in [2.05, 4.69) is 0 Å². The van der Waals surface area contributed by atoms with Crippen LogP contribution in [-0.2, 0) is 14.2 Å². The minimum atomic E-state index is 0.499. The van der Waals surface area contributed by atoms with E-state index in [1.807, 2.05) is 25.1 Å². The van der Waals surface area contributed by atoms with Gasteiger partial charge >= 0.3 is 0 Å². The predicted molar refractivity (Wildman–Crippen MR) is 75.2 cm³/mol. The monoisotopic (exact) mass is 288 g/mol. The summed E-state index contributed by atoms with van der Waals surface area (Å²) in [5.74, 6) is 0.799. The molecule has 0 N–H and O–H groups in total. The standard InChI is InChI=1S/C14H21ClO4/c1-12-3-4-13(15)11-14(12)19-10-9-18-8-7-17-6-5-16-2/h3-4,11H,5-10H2,1-2H3. The van der Waals surface area contributed by atoms with Crippen molar-refractivity contribution < 1.29 is 18.9 Å². The van der Waals surface area contributed by atoms with E-state index in [0.29, 0.717) is 44.7 Å². The molecule has 19 heavy (non-hydrogen) atoms. The maximum absolute atomic E-state index is 5.90. The first kappa shape index (κ1) is 16.2. The molecule has 4 nitrogen and oxygen atoms in total. The molecule has 0 saturated heterocycles. The SMILES string of the molecule is COCCOCCOCCOc1cc(Cl)ccc1C. The Labute approximate surface area is 119 Å². The second-order valence-corrected chi connectivity index (χ2v) is 4.41. The Morgan fingerprint density at radius 1 is 0.947 bits per heavy atom. The van der Waals surface area contributed by atoms with Gasteiger partial charge < -0.3 is 18.9 Å². The van der Waals surface area contributed by atoms with E-state index in [-0.39, 0.29) is 0 Å². The number of methoxy groups -OCH3 is 1. The van der Waals surface area contributed by atoms with E-state index in [1.165, 1.54) is 0 Å². The van der Waals surface area contributed by atoms with Crippen molar-refractivity contribution in [2.75, 3.05) is 46.8 Å². The largest absolute Gasteiger partial charge is 0.491 e. The van der Waals surface area contributed by atoms with Crippen molar-refractivity contribution >= 4 is 11.6 Å². The summed E-state index contributed by atoms with van der Waals surface area (Å²) in [6, 6.07) is 5.59. The fraction of sp³-hybridized carbons (Fsp3) is 0.571. The van der Waals surface area contributed by atoms with Crippen molar-refractivity contribution in [3.8, 4) is 5.75 Å². The minimum Gasteiger partial charge on any atom is -0.491 e. The normalized spacial score (nSPS) is 10.7. The van der Waals surface area contributed by atoms with Crippen molar-refractivity contribution in [1.29, 1.82) is 0 Å². The highest BCUT2D eigenvalue weighted by Gasteiger charge is 2.00. The number of rotatable bonds is 10. The first-order valence-corrected chi connectivity index (χ1v) is 6.65. The molecule has 0 bridgehead atoms. The van der Waals surface area contributed by atoms with Gasteiger partial charge in [0.25, 0.3) is 0 Å². The van der Waals surface area contributed by atoms with Crippen LogP contribution in [0.25, 0.3) is 0 Å². The Morgan fingerprint density at radius 3 is 2.26 bits per heavy atom. The zero-order valence-corrected chi connectivity index (χ0v) is 12.2. The lowest BCUT2D eigenvalue weighted by molar-refractivity contribution is 0.0179. The van der Waals surface area contributed by atoms with Gasteiger partial charge in [0, 0.05) is 12.1 Å². The van der Waals surface area contributed by atoms with Gasteiger partial charge in [-0.3, -0.25) is 0 Å². The van der Waals surface area contributed by atoms with Crippen LogP contribution in [0.1, 0.15) is 5.56 Å². The molecule has 0 heterocycles. The molecule has 0 aliphatic carbocycles. The van der Waals surface area contributed by atoms with E-state index >= 15 is 0 Å². The van der Waals surface area contributed by atoms with Crippen LogP contribution in [0.15, 0.2) is 18.2 Å². The minimum absolute atomic E-state index is 0.499. The van der Waals surface area contributed by atoms with Crippen molar-refractivity contribution in [1.82, 2.24) is 0 Å². The molecule has 0 radical (unpaired) electrons. The molecule has 0 aliphatic heterocycles. The molecule has 5 heteroatoms. The summed E-state index contributed by atoms with van der Waals surface area (Å²) in [7, 11) is 1.65. The van der Waals surface area contributed by atoms with E-state index in [0.717, 1.165) is 11.3 Å². The van der Waals surface area contributed by atoms with Crippen LogP contribution >= 0.6 is 11.6 Å². The van der Waals surface area contributed by atoms with Gasteiger partial charge in [-0.15, -0.1) is 0 Å². The Hall–Kier alpha value is -0.810. The highest BCUT2D eigenvalue weighted by Crippen LogP contribution is 2.22. The van der Waals surface area contributed by atoms with Crippen molar-refractivity contribution in [3.05, 3.63) is 28.8 Å². The van der Waals surface area contributed by atoms with Crippen LogP contribution in [0.3, 0.4) is 0 Å². The Kier molecular flexibility index (Phi) is 8.58. The lowest BCUT2D eigenvalue weighted by Crippen LogP contribution is -2.12. The lowest BCUT2D eigenvalue weighted by atomic mass is 10.2. The maximum Gasteiger partial charge on any atom is 0.123 e. The van der Waals surface area contributed by atoms with E-state index in [9.17, 15) is 0 Å². The van der Waals surface area contributed by atoms with Gasteiger partial charge in [-0.05, 0) is 24.6 Å². The Bertz CT molecular complexity index is 357. The van der Waals surface area contributed by atoms with Crippen molar-refractivity contribution in [2.45, 2.75) is 6.92 Å². The van der Waals surface area contributed by atoms with E-state index in [1.54, 1.807) is 7.11 Å². The quantitative estimate of drug-likeness (QED) is 0.620. The third-order valence-corrected chi connectivity index (χ3v) is 2.67. The highest BCUT2D eigenvalue weighted by molar-refractivity contribution is 6.30. The number of hydrogen-bond donors (Lipinski definition) is 0. The van der Waals surface area contributed by atoms with Crippen LogP contribution in [0, 0.1) is 6.92 Å². The number of benzene rings is 1. The molecule has 0 saturated carbocycles. The summed E-state index contributed by atoms with van der Waals surface area (Å²) in [6.07, 6.45) is 0. The molecular formula is C14H21ClO4. The van der Waals surface area contributed by atoms with Crippen molar-refractivity contribution in [3.63, 3.8) is 0 Å². The zero-order chi connectivity index (χ0) is 13.9. The van der Waals surface area contributed by atoms with Gasteiger partial charge in [0.2, 0.25) is 0 Å². The lowest BCUT2D eigenvalue weighted by Gasteiger charge is -2.10. The van der Waals surface area contributed by atoms with E-state index < -0.39 is 0 Å². The summed E-state index contributed by atoms with van der Waals surface area (Å²) in [5, 5.41) is 0.674. The predicted octanol–water partition coefficient (Wildman–Crippen LogP) is 2.71. The molecule has 0 amide bonds. The summed E-state index contributed by atoms with van der Waals surface area (Å²) in [6.45, 7) is 5.34. The summed E-state index contributed by atoms with van der Waals surface area (Å²) < 4.78 is 21.1. The average Bonchev–Trinajstić information content (AvgIpc) is 2.40. The van der Waals surface area contributed by atoms with Gasteiger partial charge in [-0.1, -0.05) is 17.7 Å². The van der Waals surface area contributed by atoms with Crippen LogP contribution in [0.5, 0.6) is 5.75 Å². The first-order chi connectivity index (χ1) is 9.24. The first-order valence-electron chi connectivity index (χ1n) is 6.27. The summed E-state index contributed by atoms with van der Waals surface area (Å²) in [5.41, 5.74) is 1.06. The van der Waals surface area contributed by atoms with Crippen LogP contribution in [0.4, 0.5) is 0 Å². The molecule has 1 aromatic carbocycles. The second-order valence-electron chi connectivity index (χ2n) is 3.98. The zero-order valence-electron chi connectivity index (χ0n) is 11.5. The number of hydrogen-bond acceptors (Lipinski definition) is 4. The summed E-state index contributed by atoms with van der Waals surface area (Å²) in [4.78, 5) is 0. The molecule has 0 unspecified atom stereocenters. The molecule has 1 aromatic rings. The molecule has 0 spiro atoms. The van der Waals surface area contributed by atoms with Gasteiger partial charge in [0.1, 0.15) is 12.4 Å². The number of halogens is 1. The highest BCUT2D eigenvalue weighted by atomic mass is 35.5. The topological polar surface area (TPSA) is 36.9 Å². The van der Waals surface area contributed by atoms with Crippen LogP contribution in [-0.4, -0.2) is 46.8 Å². The molecular weight excluding hydrogens is 268 g/mol. The Balaban J connectivity index is 2.03. The average molecular weight is 289 g/mol. The smallest absolute Gasteiger partial charge is 0.123 e. The maximum atomic E-state index is 5.90. The molecule has 1 rings (SSSR count). The van der Waals surface area contributed by atoms with E-state index in [4.69, 9.17) is 30.5 Å². The molecule has 108 valence electrons. The van der Waals surface area contributed by atoms with Gasteiger partial charge in [-0.2, -0.15) is 0 Å². The molecule has 0 atom stereocenters. The van der Waals surface area contributed by atoms with Crippen LogP contribution in [0.2, 0.25) is 5.02 Å². The molecule has 0 aromatic heterocycles. The third kappa shape index (κ3) is 7.38. The molecule has 0 fully saturated rings. The number of aryl methyl sites for hydroxylation is 1. The van der Waals surface area contributed by atoms with Gasteiger partial charge in [0.15, 0.2) is 0 Å². The third-order valence-electron chi connectivity index (χ3n) is 2.44. The van der Waals surface area contributed by atoms with Crippen molar-refractivity contribution in [2.24, 2.45) is 0 Å². The molecule has 0 aliphatic rings.